The summed E-state index contributed by atoms with van der Waals surface area (Å²) in [6.45, 7) is -0.0854. The Balaban J connectivity index is 2.08. The molecule has 1 aliphatic heterocycles. The summed E-state index contributed by atoms with van der Waals surface area (Å²) in [5, 5.41) is 2.17. The van der Waals surface area contributed by atoms with Crippen LogP contribution in [0.1, 0.15) is 17.0 Å². The number of methoxy groups -OCH3 is 2. The van der Waals surface area contributed by atoms with E-state index < -0.39 is 47.5 Å². The van der Waals surface area contributed by atoms with E-state index in [2.05, 4.69) is 5.32 Å². The molecule has 2 aromatic carbocycles. The molecule has 0 aromatic heterocycles. The van der Waals surface area contributed by atoms with Gasteiger partial charge in [0.15, 0.2) is 5.92 Å². The van der Waals surface area contributed by atoms with Gasteiger partial charge in [-0.25, -0.2) is 4.79 Å². The van der Waals surface area contributed by atoms with Gasteiger partial charge in [0.2, 0.25) is 11.8 Å². The molecule has 1 saturated heterocycles. The van der Waals surface area contributed by atoms with E-state index in [9.17, 15) is 24.0 Å². The Hall–Kier alpha value is -4.01. The Morgan fingerprint density at radius 1 is 0.906 bits per heavy atom. The van der Waals surface area contributed by atoms with Crippen molar-refractivity contribution in [2.24, 2.45) is 11.8 Å². The van der Waals surface area contributed by atoms with Crippen molar-refractivity contribution in [1.29, 1.82) is 0 Å². The van der Waals surface area contributed by atoms with Crippen LogP contribution < -0.4 is 5.32 Å². The normalized spacial score (nSPS) is 17.0. The fourth-order valence-corrected chi connectivity index (χ4v) is 3.76. The molecular formula is C23H22N2O7. The quantitative estimate of drug-likeness (QED) is 0.515. The number of carbonyl (C=O) groups is 5. The van der Waals surface area contributed by atoms with Gasteiger partial charge in [0.05, 0.1) is 20.8 Å². The molecule has 1 fully saturated rings. The van der Waals surface area contributed by atoms with Crippen LogP contribution in [0.3, 0.4) is 0 Å². The van der Waals surface area contributed by atoms with Gasteiger partial charge < -0.3 is 9.47 Å². The van der Waals surface area contributed by atoms with Gasteiger partial charge >= 0.3 is 18.0 Å². The SMILES string of the molecule is COC(=O)C(C(=O)OC)C(c1ccccc1)C1C(=O)NC(=O)N(Cc2ccccc2)C1=O. The summed E-state index contributed by atoms with van der Waals surface area (Å²) in [6, 6.07) is 16.0. The monoisotopic (exact) mass is 438 g/mol. The predicted octanol–water partition coefficient (Wildman–Crippen LogP) is 1.63. The Morgan fingerprint density at radius 3 is 1.97 bits per heavy atom. The second-order valence-corrected chi connectivity index (χ2v) is 7.14. The zero-order chi connectivity index (χ0) is 23.3. The molecule has 1 N–H and O–H groups in total. The third-order valence-corrected chi connectivity index (χ3v) is 5.29. The van der Waals surface area contributed by atoms with Gasteiger partial charge in [-0.15, -0.1) is 0 Å². The number of urea groups is 1. The van der Waals surface area contributed by atoms with E-state index in [-0.39, 0.29) is 6.54 Å². The number of hydrogen-bond acceptors (Lipinski definition) is 7. The van der Waals surface area contributed by atoms with Gasteiger partial charge in [0.25, 0.3) is 0 Å². The van der Waals surface area contributed by atoms with Gasteiger partial charge in [-0.3, -0.25) is 29.4 Å². The Kier molecular flexibility index (Phi) is 6.99. The maximum absolute atomic E-state index is 13.4. The summed E-state index contributed by atoms with van der Waals surface area (Å²) in [5.74, 6) is -8.04. The van der Waals surface area contributed by atoms with E-state index in [1.54, 1.807) is 60.7 Å². The van der Waals surface area contributed by atoms with Crippen LogP contribution in [-0.4, -0.2) is 48.9 Å². The van der Waals surface area contributed by atoms with E-state index in [0.29, 0.717) is 11.1 Å². The van der Waals surface area contributed by atoms with Crippen molar-refractivity contribution in [3.63, 3.8) is 0 Å². The lowest BCUT2D eigenvalue weighted by molar-refractivity contribution is -0.161. The molecule has 166 valence electrons. The molecule has 0 aliphatic carbocycles. The van der Waals surface area contributed by atoms with E-state index >= 15 is 0 Å². The molecule has 0 spiro atoms. The number of esters is 2. The topological polar surface area (TPSA) is 119 Å². The summed E-state index contributed by atoms with van der Waals surface area (Å²) in [4.78, 5) is 64.8. The summed E-state index contributed by atoms with van der Waals surface area (Å²) < 4.78 is 9.56. The van der Waals surface area contributed by atoms with Gasteiger partial charge in [-0.1, -0.05) is 60.7 Å². The number of imide groups is 2. The number of nitrogens with one attached hydrogen (secondary N) is 1. The molecule has 1 aliphatic rings. The molecule has 0 radical (unpaired) electrons. The molecule has 0 bridgehead atoms. The second-order valence-electron chi connectivity index (χ2n) is 7.14. The van der Waals surface area contributed by atoms with E-state index in [1.165, 1.54) is 0 Å². The maximum atomic E-state index is 13.4. The minimum absolute atomic E-state index is 0.0854. The molecule has 32 heavy (non-hydrogen) atoms. The average molecular weight is 438 g/mol. The van der Waals surface area contributed by atoms with Crippen molar-refractivity contribution >= 4 is 29.8 Å². The molecule has 3 rings (SSSR count). The standard InChI is InChI=1S/C23H22N2O7/c1-31-21(28)18(22(29)32-2)16(15-11-7-4-8-12-15)17-19(26)24-23(30)25(20(17)27)13-14-9-5-3-6-10-14/h3-12,16-18H,13H2,1-2H3,(H,24,26,30). The first-order valence-corrected chi connectivity index (χ1v) is 9.79. The zero-order valence-electron chi connectivity index (χ0n) is 17.5. The summed E-state index contributed by atoms with van der Waals surface area (Å²) in [5.41, 5.74) is 1.04. The summed E-state index contributed by atoms with van der Waals surface area (Å²) >= 11 is 0. The highest BCUT2D eigenvalue weighted by molar-refractivity contribution is 6.17. The van der Waals surface area contributed by atoms with Gasteiger partial charge in [0.1, 0.15) is 5.92 Å². The zero-order valence-corrected chi connectivity index (χ0v) is 17.5. The van der Waals surface area contributed by atoms with Crippen molar-refractivity contribution < 1.29 is 33.4 Å². The van der Waals surface area contributed by atoms with Crippen LogP contribution in [0.15, 0.2) is 60.7 Å². The van der Waals surface area contributed by atoms with Crippen molar-refractivity contribution in [3.05, 3.63) is 71.8 Å². The van der Waals surface area contributed by atoms with Crippen LogP contribution in [-0.2, 0) is 35.2 Å². The Morgan fingerprint density at radius 2 is 1.44 bits per heavy atom. The fraction of sp³-hybridized carbons (Fsp3) is 0.261. The van der Waals surface area contributed by atoms with E-state index in [1.807, 2.05) is 0 Å². The molecule has 9 nitrogen and oxygen atoms in total. The third-order valence-electron chi connectivity index (χ3n) is 5.29. The smallest absolute Gasteiger partial charge is 0.331 e. The molecule has 0 saturated carbocycles. The maximum Gasteiger partial charge on any atom is 0.331 e. The van der Waals surface area contributed by atoms with Crippen LogP contribution in [0.25, 0.3) is 0 Å². The van der Waals surface area contributed by atoms with Gasteiger partial charge in [-0.05, 0) is 11.1 Å². The van der Waals surface area contributed by atoms with E-state index in [4.69, 9.17) is 9.47 Å². The number of hydrogen-bond donors (Lipinski definition) is 1. The van der Waals surface area contributed by atoms with Crippen LogP contribution in [0.4, 0.5) is 4.79 Å². The molecule has 2 atom stereocenters. The lowest BCUT2D eigenvalue weighted by Gasteiger charge is -2.36. The predicted molar refractivity (Wildman–Crippen MR) is 111 cm³/mol. The number of benzene rings is 2. The molecule has 9 heteroatoms. The lowest BCUT2D eigenvalue weighted by Crippen LogP contribution is -2.60. The van der Waals surface area contributed by atoms with E-state index in [0.717, 1.165) is 19.1 Å². The van der Waals surface area contributed by atoms with Gasteiger partial charge in [-0.2, -0.15) is 0 Å². The average Bonchev–Trinajstić information content (AvgIpc) is 2.81. The van der Waals surface area contributed by atoms with Crippen molar-refractivity contribution in [3.8, 4) is 0 Å². The second kappa shape index (κ2) is 9.86. The minimum atomic E-state index is -1.60. The van der Waals surface area contributed by atoms with Gasteiger partial charge in [0, 0.05) is 5.92 Å². The molecular weight excluding hydrogens is 416 g/mol. The highest BCUT2D eigenvalue weighted by atomic mass is 16.5. The highest BCUT2D eigenvalue weighted by Gasteiger charge is 2.52. The molecule has 4 amide bonds. The van der Waals surface area contributed by atoms with Crippen LogP contribution in [0.2, 0.25) is 0 Å². The first kappa shape index (κ1) is 22.7. The molecule has 1 heterocycles. The lowest BCUT2D eigenvalue weighted by atomic mass is 9.74. The van der Waals surface area contributed by atoms with Crippen LogP contribution >= 0.6 is 0 Å². The number of nitrogens with zero attached hydrogens (tertiary/aromatic N) is 1. The Bertz CT molecular complexity index is 1010. The number of ether oxygens (including phenoxy) is 2. The minimum Gasteiger partial charge on any atom is -0.468 e. The Labute approximate surface area is 184 Å². The number of carbonyl (C=O) groups excluding carboxylic acids is 5. The number of amides is 4. The summed E-state index contributed by atoms with van der Waals surface area (Å²) in [6.07, 6.45) is 0. The van der Waals surface area contributed by atoms with Crippen molar-refractivity contribution in [2.45, 2.75) is 12.5 Å². The molecule has 2 unspecified atom stereocenters. The third kappa shape index (κ3) is 4.51. The first-order valence-electron chi connectivity index (χ1n) is 9.79. The first-order chi connectivity index (χ1) is 15.4. The largest absolute Gasteiger partial charge is 0.468 e. The van der Waals surface area contributed by atoms with Crippen molar-refractivity contribution in [1.82, 2.24) is 10.2 Å². The fourth-order valence-electron chi connectivity index (χ4n) is 3.76. The number of barbiturate groups is 1. The van der Waals surface area contributed by atoms with Crippen LogP contribution in [0, 0.1) is 11.8 Å². The molecule has 2 aromatic rings. The highest BCUT2D eigenvalue weighted by Crippen LogP contribution is 2.37. The summed E-state index contributed by atoms with van der Waals surface area (Å²) in [7, 11) is 2.18. The van der Waals surface area contributed by atoms with Crippen LogP contribution in [0.5, 0.6) is 0 Å². The van der Waals surface area contributed by atoms with Crippen molar-refractivity contribution in [2.75, 3.05) is 14.2 Å². The number of rotatable bonds is 7.